The number of nitrogens with one attached hydrogen (secondary N) is 1. The lowest BCUT2D eigenvalue weighted by molar-refractivity contribution is 0.328. The minimum Gasteiger partial charge on any atom is -0.491 e. The molecule has 0 unspecified atom stereocenters. The summed E-state index contributed by atoms with van der Waals surface area (Å²) < 4.78 is 11.5. The molecule has 0 saturated heterocycles. The fourth-order valence-electron chi connectivity index (χ4n) is 2.22. The zero-order valence-corrected chi connectivity index (χ0v) is 12.4. The van der Waals surface area contributed by atoms with Crippen LogP contribution < -0.4 is 15.0 Å². The van der Waals surface area contributed by atoms with Crippen LogP contribution in [0, 0.1) is 0 Å². The van der Waals surface area contributed by atoms with Crippen molar-refractivity contribution >= 4 is 6.01 Å². The molecule has 0 fully saturated rings. The molecule has 1 N–H and O–H groups in total. The Morgan fingerprint density at radius 2 is 2.14 bits per heavy atom. The topological polar surface area (TPSA) is 63.4 Å². The molecule has 6 nitrogen and oxygen atoms in total. The van der Waals surface area contributed by atoms with Crippen molar-refractivity contribution in [2.75, 3.05) is 18.1 Å². The zero-order chi connectivity index (χ0) is 14.7. The largest absolute Gasteiger partial charge is 0.491 e. The van der Waals surface area contributed by atoms with E-state index in [2.05, 4.69) is 40.3 Å². The van der Waals surface area contributed by atoms with Crippen LogP contribution in [0.15, 0.2) is 28.7 Å². The van der Waals surface area contributed by atoms with Crippen LogP contribution in [-0.4, -0.2) is 29.4 Å². The summed E-state index contributed by atoms with van der Waals surface area (Å²) >= 11 is 0. The summed E-state index contributed by atoms with van der Waals surface area (Å²) in [5.74, 6) is 1.54. The molecule has 0 amide bonds. The molecule has 0 radical (unpaired) electrons. The van der Waals surface area contributed by atoms with E-state index in [4.69, 9.17) is 9.15 Å². The average molecular weight is 288 g/mol. The Balaban J connectivity index is 1.72. The van der Waals surface area contributed by atoms with Gasteiger partial charge in [-0.15, -0.1) is 5.10 Å². The molecule has 1 aromatic heterocycles. The summed E-state index contributed by atoms with van der Waals surface area (Å²) in [6, 6.07) is 8.99. The molecular weight excluding hydrogens is 268 g/mol. The molecule has 112 valence electrons. The van der Waals surface area contributed by atoms with Gasteiger partial charge in [-0.3, -0.25) is 0 Å². The number of hydrogen-bond donors (Lipinski definition) is 1. The monoisotopic (exact) mass is 288 g/mol. The number of ether oxygens (including phenoxy) is 1. The Kier molecular flexibility index (Phi) is 4.06. The van der Waals surface area contributed by atoms with E-state index in [9.17, 15) is 0 Å². The summed E-state index contributed by atoms with van der Waals surface area (Å²) in [6.07, 6.45) is 0. The number of anilines is 1. The summed E-state index contributed by atoms with van der Waals surface area (Å²) in [7, 11) is 0. The van der Waals surface area contributed by atoms with E-state index in [1.54, 1.807) is 0 Å². The second-order valence-electron chi connectivity index (χ2n) is 5.39. The molecule has 6 heteroatoms. The first kappa shape index (κ1) is 13.9. The predicted octanol–water partition coefficient (Wildman–Crippen LogP) is 1.97. The summed E-state index contributed by atoms with van der Waals surface area (Å²) in [5, 5.41) is 11.5. The average Bonchev–Trinajstić information content (AvgIpc) is 2.84. The normalized spacial score (nSPS) is 14.7. The highest BCUT2D eigenvalue weighted by Crippen LogP contribution is 2.25. The number of benzene rings is 1. The summed E-state index contributed by atoms with van der Waals surface area (Å²) in [6.45, 7) is 6.81. The second-order valence-corrected chi connectivity index (χ2v) is 5.39. The highest BCUT2D eigenvalue weighted by molar-refractivity contribution is 5.39. The van der Waals surface area contributed by atoms with E-state index in [0.29, 0.717) is 31.1 Å². The van der Waals surface area contributed by atoms with Gasteiger partial charge in [-0.25, -0.2) is 0 Å². The SMILES string of the molecule is CC(C)NCc1nnc(N2CCOc3ccccc3C2)o1. The number of rotatable bonds is 4. The molecule has 0 bridgehead atoms. The van der Waals surface area contributed by atoms with Crippen molar-refractivity contribution in [1.29, 1.82) is 0 Å². The standard InChI is InChI=1S/C15H20N4O2/c1-11(2)16-9-14-17-18-15(21-14)19-7-8-20-13-6-4-3-5-12(13)10-19/h3-6,11,16H,7-10H2,1-2H3. The third-order valence-corrected chi connectivity index (χ3v) is 3.34. The second kappa shape index (κ2) is 6.13. The van der Waals surface area contributed by atoms with Gasteiger partial charge in [0, 0.05) is 11.6 Å². The van der Waals surface area contributed by atoms with Gasteiger partial charge in [0.15, 0.2) is 0 Å². The van der Waals surface area contributed by atoms with Crippen LogP contribution in [0.2, 0.25) is 0 Å². The van der Waals surface area contributed by atoms with Gasteiger partial charge in [-0.1, -0.05) is 37.1 Å². The van der Waals surface area contributed by atoms with Gasteiger partial charge in [0.05, 0.1) is 19.6 Å². The van der Waals surface area contributed by atoms with Crippen LogP contribution in [-0.2, 0) is 13.1 Å². The summed E-state index contributed by atoms with van der Waals surface area (Å²) in [4.78, 5) is 2.05. The van der Waals surface area contributed by atoms with Crippen molar-refractivity contribution in [1.82, 2.24) is 15.5 Å². The Bertz CT molecular complexity index is 597. The Hall–Kier alpha value is -2.08. The van der Waals surface area contributed by atoms with Gasteiger partial charge < -0.3 is 19.4 Å². The molecule has 2 aromatic rings. The molecule has 0 spiro atoms. The maximum absolute atomic E-state index is 5.74. The van der Waals surface area contributed by atoms with Crippen molar-refractivity contribution in [2.24, 2.45) is 0 Å². The van der Waals surface area contributed by atoms with E-state index in [1.807, 2.05) is 18.2 Å². The van der Waals surface area contributed by atoms with Gasteiger partial charge in [0.25, 0.3) is 0 Å². The summed E-state index contributed by atoms with van der Waals surface area (Å²) in [5.41, 5.74) is 1.13. The van der Waals surface area contributed by atoms with E-state index in [1.165, 1.54) is 0 Å². The van der Waals surface area contributed by atoms with Gasteiger partial charge >= 0.3 is 6.01 Å². The third kappa shape index (κ3) is 3.33. The van der Waals surface area contributed by atoms with Crippen molar-refractivity contribution in [2.45, 2.75) is 33.0 Å². The van der Waals surface area contributed by atoms with Crippen LogP contribution in [0.5, 0.6) is 5.75 Å². The predicted molar refractivity (Wildman–Crippen MR) is 79.3 cm³/mol. The Morgan fingerprint density at radius 1 is 1.29 bits per heavy atom. The fraction of sp³-hybridized carbons (Fsp3) is 0.467. The smallest absolute Gasteiger partial charge is 0.318 e. The van der Waals surface area contributed by atoms with Gasteiger partial charge in [-0.2, -0.15) is 0 Å². The van der Waals surface area contributed by atoms with E-state index in [0.717, 1.165) is 24.4 Å². The molecule has 3 rings (SSSR count). The van der Waals surface area contributed by atoms with Gasteiger partial charge in [-0.05, 0) is 6.07 Å². The van der Waals surface area contributed by atoms with Crippen molar-refractivity contribution in [3.63, 3.8) is 0 Å². The first-order valence-electron chi connectivity index (χ1n) is 7.24. The first-order valence-corrected chi connectivity index (χ1v) is 7.24. The number of fused-ring (bicyclic) bond motifs is 1. The molecule has 1 aliphatic rings. The van der Waals surface area contributed by atoms with Crippen LogP contribution in [0.25, 0.3) is 0 Å². The quantitative estimate of drug-likeness (QED) is 0.928. The zero-order valence-electron chi connectivity index (χ0n) is 12.4. The molecule has 0 atom stereocenters. The minimum absolute atomic E-state index is 0.388. The lowest BCUT2D eigenvalue weighted by Crippen LogP contribution is -2.25. The molecule has 0 saturated carbocycles. The van der Waals surface area contributed by atoms with E-state index < -0.39 is 0 Å². The highest BCUT2D eigenvalue weighted by Gasteiger charge is 2.19. The van der Waals surface area contributed by atoms with Crippen molar-refractivity contribution in [3.05, 3.63) is 35.7 Å². The fourth-order valence-corrected chi connectivity index (χ4v) is 2.22. The van der Waals surface area contributed by atoms with Crippen LogP contribution in [0.4, 0.5) is 6.01 Å². The number of hydrogen-bond acceptors (Lipinski definition) is 6. The van der Waals surface area contributed by atoms with Crippen LogP contribution in [0.3, 0.4) is 0 Å². The maximum Gasteiger partial charge on any atom is 0.318 e. The first-order chi connectivity index (χ1) is 10.2. The van der Waals surface area contributed by atoms with Crippen LogP contribution in [0.1, 0.15) is 25.3 Å². The number of aromatic nitrogens is 2. The van der Waals surface area contributed by atoms with E-state index >= 15 is 0 Å². The molecule has 0 aliphatic carbocycles. The third-order valence-electron chi connectivity index (χ3n) is 3.34. The van der Waals surface area contributed by atoms with E-state index in [-0.39, 0.29) is 0 Å². The van der Waals surface area contributed by atoms with Gasteiger partial charge in [0.2, 0.25) is 5.89 Å². The molecule has 21 heavy (non-hydrogen) atoms. The Morgan fingerprint density at radius 3 is 3.00 bits per heavy atom. The molecule has 1 aliphatic heterocycles. The lowest BCUT2D eigenvalue weighted by Gasteiger charge is -2.16. The molecule has 1 aromatic carbocycles. The van der Waals surface area contributed by atoms with Crippen LogP contribution >= 0.6 is 0 Å². The minimum atomic E-state index is 0.388. The van der Waals surface area contributed by atoms with Crippen molar-refractivity contribution < 1.29 is 9.15 Å². The number of para-hydroxylation sites is 1. The Labute approximate surface area is 124 Å². The maximum atomic E-state index is 5.74. The van der Waals surface area contributed by atoms with Gasteiger partial charge in [0.1, 0.15) is 12.4 Å². The number of nitrogens with zero attached hydrogens (tertiary/aromatic N) is 3. The lowest BCUT2D eigenvalue weighted by atomic mass is 10.2. The molecule has 2 heterocycles. The highest BCUT2D eigenvalue weighted by atomic mass is 16.5. The van der Waals surface area contributed by atoms with Crippen molar-refractivity contribution in [3.8, 4) is 5.75 Å². The molecular formula is C15H20N4O2.